The number of carbonyl (C=O) groups excluding carboxylic acids is 1. The molecular formula is C17H20N2O4. The molecule has 0 aliphatic rings. The normalized spacial score (nSPS) is 11.7. The molecule has 1 amide bonds. The fourth-order valence-electron chi connectivity index (χ4n) is 2.21. The Kier molecular flexibility index (Phi) is 5.05. The highest BCUT2D eigenvalue weighted by atomic mass is 16.5. The fraction of sp³-hybridized carbons (Fsp3) is 0.294. The number of methoxy groups -OCH3 is 2. The topological polar surface area (TPSA) is 69.6 Å². The molecule has 0 aliphatic heterocycles. The lowest BCUT2D eigenvalue weighted by molar-refractivity contribution is -0.118. The summed E-state index contributed by atoms with van der Waals surface area (Å²) in [5.41, 5.74) is 0.987. The van der Waals surface area contributed by atoms with Gasteiger partial charge in [-0.05, 0) is 32.0 Å². The van der Waals surface area contributed by atoms with Gasteiger partial charge in [0.2, 0.25) is 5.91 Å². The van der Waals surface area contributed by atoms with E-state index in [1.54, 1.807) is 57.5 Å². The third kappa shape index (κ3) is 3.53. The number of ether oxygens (including phenoxy) is 2. The lowest BCUT2D eigenvalue weighted by Gasteiger charge is -2.16. The maximum atomic E-state index is 12.4. The Bertz CT molecular complexity index is 767. The Morgan fingerprint density at radius 2 is 1.87 bits per heavy atom. The van der Waals surface area contributed by atoms with Crippen LogP contribution < -0.4 is 20.3 Å². The van der Waals surface area contributed by atoms with Crippen LogP contribution >= 0.6 is 0 Å². The standard InChI is InChI=1S/C17H20N2O4/c1-11-6-5-9-19(17(11)21)12(2)16(20)18-13-7-8-14(22-3)15(10-13)23-4/h5-10,12H,1-4H3,(H,18,20). The third-order valence-electron chi connectivity index (χ3n) is 3.61. The lowest BCUT2D eigenvalue weighted by atomic mass is 10.2. The zero-order valence-corrected chi connectivity index (χ0v) is 13.6. The van der Waals surface area contributed by atoms with Gasteiger partial charge in [-0.25, -0.2) is 0 Å². The first-order valence-corrected chi connectivity index (χ1v) is 7.18. The number of amides is 1. The van der Waals surface area contributed by atoms with E-state index in [0.717, 1.165) is 0 Å². The first kappa shape index (κ1) is 16.6. The van der Waals surface area contributed by atoms with E-state index in [9.17, 15) is 9.59 Å². The Hall–Kier alpha value is -2.76. The molecular weight excluding hydrogens is 296 g/mol. The van der Waals surface area contributed by atoms with E-state index in [1.165, 1.54) is 11.7 Å². The summed E-state index contributed by atoms with van der Waals surface area (Å²) >= 11 is 0. The van der Waals surface area contributed by atoms with Gasteiger partial charge in [0.05, 0.1) is 14.2 Å². The van der Waals surface area contributed by atoms with Gasteiger partial charge in [-0.15, -0.1) is 0 Å². The second-order valence-electron chi connectivity index (χ2n) is 5.14. The number of aryl methyl sites for hydroxylation is 1. The molecule has 1 atom stereocenters. The molecule has 1 aromatic carbocycles. The van der Waals surface area contributed by atoms with Gasteiger partial charge in [0.15, 0.2) is 11.5 Å². The van der Waals surface area contributed by atoms with E-state index in [0.29, 0.717) is 22.7 Å². The molecule has 0 spiro atoms. The molecule has 23 heavy (non-hydrogen) atoms. The summed E-state index contributed by atoms with van der Waals surface area (Å²) in [4.78, 5) is 24.5. The number of rotatable bonds is 5. The van der Waals surface area contributed by atoms with E-state index in [-0.39, 0.29) is 11.5 Å². The van der Waals surface area contributed by atoms with Crippen molar-refractivity contribution in [3.63, 3.8) is 0 Å². The molecule has 2 aromatic rings. The van der Waals surface area contributed by atoms with Crippen molar-refractivity contribution < 1.29 is 14.3 Å². The van der Waals surface area contributed by atoms with Crippen LogP contribution in [0, 0.1) is 6.92 Å². The highest BCUT2D eigenvalue weighted by Gasteiger charge is 2.17. The smallest absolute Gasteiger partial charge is 0.254 e. The molecule has 6 nitrogen and oxygen atoms in total. The first-order valence-electron chi connectivity index (χ1n) is 7.18. The van der Waals surface area contributed by atoms with Crippen LogP contribution in [0.3, 0.4) is 0 Å². The van der Waals surface area contributed by atoms with Crippen molar-refractivity contribution in [1.82, 2.24) is 4.57 Å². The lowest BCUT2D eigenvalue weighted by Crippen LogP contribution is -2.32. The van der Waals surface area contributed by atoms with Crippen molar-refractivity contribution in [2.24, 2.45) is 0 Å². The minimum absolute atomic E-state index is 0.178. The zero-order valence-electron chi connectivity index (χ0n) is 13.6. The van der Waals surface area contributed by atoms with Gasteiger partial charge >= 0.3 is 0 Å². The molecule has 122 valence electrons. The monoisotopic (exact) mass is 316 g/mol. The SMILES string of the molecule is COc1ccc(NC(=O)C(C)n2cccc(C)c2=O)cc1OC. The van der Waals surface area contributed by atoms with E-state index < -0.39 is 6.04 Å². The highest BCUT2D eigenvalue weighted by molar-refractivity contribution is 5.93. The minimum Gasteiger partial charge on any atom is -0.493 e. The third-order valence-corrected chi connectivity index (χ3v) is 3.61. The molecule has 2 rings (SSSR count). The molecule has 0 fully saturated rings. The van der Waals surface area contributed by atoms with Crippen LogP contribution in [-0.2, 0) is 4.79 Å². The Labute approximate surface area is 134 Å². The van der Waals surface area contributed by atoms with Gasteiger partial charge in [-0.1, -0.05) is 6.07 Å². The zero-order chi connectivity index (χ0) is 17.0. The van der Waals surface area contributed by atoms with Gasteiger partial charge in [0.1, 0.15) is 6.04 Å². The number of nitrogens with one attached hydrogen (secondary N) is 1. The Balaban J connectivity index is 2.21. The van der Waals surface area contributed by atoms with Crippen molar-refractivity contribution in [3.8, 4) is 11.5 Å². The van der Waals surface area contributed by atoms with E-state index >= 15 is 0 Å². The van der Waals surface area contributed by atoms with Crippen LogP contribution in [0.4, 0.5) is 5.69 Å². The maximum Gasteiger partial charge on any atom is 0.254 e. The quantitative estimate of drug-likeness (QED) is 0.919. The van der Waals surface area contributed by atoms with Gasteiger partial charge in [-0.3, -0.25) is 9.59 Å². The number of hydrogen-bond acceptors (Lipinski definition) is 4. The van der Waals surface area contributed by atoms with Gasteiger partial charge in [-0.2, -0.15) is 0 Å². The first-order chi connectivity index (χ1) is 11.0. The van der Waals surface area contributed by atoms with Crippen LogP contribution in [0.1, 0.15) is 18.5 Å². The van der Waals surface area contributed by atoms with E-state index in [2.05, 4.69) is 5.32 Å². The Morgan fingerprint density at radius 1 is 1.17 bits per heavy atom. The largest absolute Gasteiger partial charge is 0.493 e. The molecule has 1 aromatic heterocycles. The molecule has 1 heterocycles. The summed E-state index contributed by atoms with van der Waals surface area (Å²) < 4.78 is 11.8. The summed E-state index contributed by atoms with van der Waals surface area (Å²) in [6.07, 6.45) is 1.61. The predicted octanol–water partition coefficient (Wildman–Crippen LogP) is 2.37. The predicted molar refractivity (Wildman–Crippen MR) is 88.3 cm³/mol. The van der Waals surface area contributed by atoms with E-state index in [4.69, 9.17) is 9.47 Å². The van der Waals surface area contributed by atoms with E-state index in [1.807, 2.05) is 0 Å². The average Bonchev–Trinajstić information content (AvgIpc) is 2.56. The summed E-state index contributed by atoms with van der Waals surface area (Å²) in [6.45, 7) is 3.40. The second kappa shape index (κ2) is 7.00. The number of pyridine rings is 1. The van der Waals surface area contributed by atoms with Crippen LogP contribution in [-0.4, -0.2) is 24.7 Å². The van der Waals surface area contributed by atoms with Crippen LogP contribution in [0.15, 0.2) is 41.3 Å². The van der Waals surface area contributed by atoms with Crippen molar-refractivity contribution in [2.75, 3.05) is 19.5 Å². The number of hydrogen-bond donors (Lipinski definition) is 1. The van der Waals surface area contributed by atoms with Crippen molar-refractivity contribution >= 4 is 11.6 Å². The molecule has 0 radical (unpaired) electrons. The van der Waals surface area contributed by atoms with Crippen LogP contribution in [0.2, 0.25) is 0 Å². The van der Waals surface area contributed by atoms with Gasteiger partial charge in [0.25, 0.3) is 5.56 Å². The summed E-state index contributed by atoms with van der Waals surface area (Å²) in [5.74, 6) is 0.809. The molecule has 0 saturated carbocycles. The number of anilines is 1. The number of benzene rings is 1. The van der Waals surface area contributed by atoms with Crippen molar-refractivity contribution in [1.29, 1.82) is 0 Å². The maximum absolute atomic E-state index is 12.4. The Morgan fingerprint density at radius 3 is 2.52 bits per heavy atom. The second-order valence-corrected chi connectivity index (χ2v) is 5.14. The van der Waals surface area contributed by atoms with Crippen molar-refractivity contribution in [2.45, 2.75) is 19.9 Å². The molecule has 0 saturated heterocycles. The van der Waals surface area contributed by atoms with Crippen LogP contribution in [0.25, 0.3) is 0 Å². The highest BCUT2D eigenvalue weighted by Crippen LogP contribution is 2.29. The molecule has 0 aliphatic carbocycles. The number of nitrogens with zero attached hydrogens (tertiary/aromatic N) is 1. The minimum atomic E-state index is -0.629. The van der Waals surface area contributed by atoms with Crippen LogP contribution in [0.5, 0.6) is 11.5 Å². The van der Waals surface area contributed by atoms with Gasteiger partial charge < -0.3 is 19.4 Å². The van der Waals surface area contributed by atoms with Crippen molar-refractivity contribution in [3.05, 3.63) is 52.4 Å². The molecule has 0 bridgehead atoms. The molecule has 6 heteroatoms. The van der Waals surface area contributed by atoms with Gasteiger partial charge in [0, 0.05) is 23.5 Å². The number of aromatic nitrogens is 1. The molecule has 1 unspecified atom stereocenters. The summed E-state index contributed by atoms with van der Waals surface area (Å²) in [5, 5.41) is 2.78. The number of carbonyl (C=O) groups is 1. The fourth-order valence-corrected chi connectivity index (χ4v) is 2.21. The average molecular weight is 316 g/mol. The molecule has 1 N–H and O–H groups in total. The summed E-state index contributed by atoms with van der Waals surface area (Å²) in [6, 6.07) is 7.93. The summed E-state index contributed by atoms with van der Waals surface area (Å²) in [7, 11) is 3.07.